The smallest absolute Gasteiger partial charge is 0.250 e. The summed E-state index contributed by atoms with van der Waals surface area (Å²) in [6.45, 7) is 3.79. The van der Waals surface area contributed by atoms with Gasteiger partial charge in [0, 0.05) is 6.04 Å². The first-order valence-electron chi connectivity index (χ1n) is 5.47. The lowest BCUT2D eigenvalue weighted by Gasteiger charge is -2.29. The molecule has 2 unspecified atom stereocenters. The van der Waals surface area contributed by atoms with Crippen molar-refractivity contribution in [3.05, 3.63) is 15.9 Å². The Morgan fingerprint density at radius 3 is 2.88 bits per heavy atom. The second-order valence-corrected chi connectivity index (χ2v) is 8.66. The molecule has 4 nitrogen and oxygen atoms in total. The van der Waals surface area contributed by atoms with Gasteiger partial charge in [0.25, 0.3) is 0 Å². The summed E-state index contributed by atoms with van der Waals surface area (Å²) in [5, 5.41) is 3.25. The van der Waals surface area contributed by atoms with Crippen molar-refractivity contribution in [1.29, 1.82) is 0 Å². The van der Waals surface area contributed by atoms with Crippen molar-refractivity contribution >= 4 is 37.3 Å². The van der Waals surface area contributed by atoms with Crippen LogP contribution < -0.4 is 10.0 Å². The van der Waals surface area contributed by atoms with Crippen LogP contribution in [0.2, 0.25) is 0 Å². The van der Waals surface area contributed by atoms with Crippen LogP contribution in [0.1, 0.15) is 13.3 Å². The topological polar surface area (TPSA) is 58.2 Å². The molecule has 96 valence electrons. The normalized spacial score (nSPS) is 26.0. The zero-order chi connectivity index (χ0) is 12.5. The van der Waals surface area contributed by atoms with Gasteiger partial charge in [0.15, 0.2) is 0 Å². The Labute approximate surface area is 114 Å². The standard InChI is InChI=1S/C10H15BrN2O2S2/c1-7-6-12-5-4-8(7)13-17(14,15)10-3-2-9(11)16-10/h2-3,7-8,12-13H,4-6H2,1H3. The summed E-state index contributed by atoms with van der Waals surface area (Å²) in [6, 6.07) is 3.41. The summed E-state index contributed by atoms with van der Waals surface area (Å²) in [4.78, 5) is 0. The lowest BCUT2D eigenvalue weighted by molar-refractivity contribution is 0.328. The molecule has 1 saturated heterocycles. The summed E-state index contributed by atoms with van der Waals surface area (Å²) < 4.78 is 28.2. The van der Waals surface area contributed by atoms with Gasteiger partial charge in [-0.15, -0.1) is 11.3 Å². The molecule has 2 atom stereocenters. The Balaban J connectivity index is 2.11. The minimum Gasteiger partial charge on any atom is -0.316 e. The maximum absolute atomic E-state index is 12.1. The molecule has 0 amide bonds. The van der Waals surface area contributed by atoms with E-state index >= 15 is 0 Å². The van der Waals surface area contributed by atoms with Crippen molar-refractivity contribution in [2.75, 3.05) is 13.1 Å². The summed E-state index contributed by atoms with van der Waals surface area (Å²) in [6.07, 6.45) is 0.840. The summed E-state index contributed by atoms with van der Waals surface area (Å²) in [5.41, 5.74) is 0. The van der Waals surface area contributed by atoms with E-state index in [4.69, 9.17) is 0 Å². The van der Waals surface area contributed by atoms with Crippen LogP contribution in [0.4, 0.5) is 0 Å². The molecule has 0 saturated carbocycles. The van der Waals surface area contributed by atoms with Crippen LogP contribution in [0.3, 0.4) is 0 Å². The van der Waals surface area contributed by atoms with E-state index in [1.165, 1.54) is 11.3 Å². The van der Waals surface area contributed by atoms with E-state index in [1.807, 2.05) is 0 Å². The van der Waals surface area contributed by atoms with Crippen molar-refractivity contribution in [2.45, 2.75) is 23.6 Å². The highest BCUT2D eigenvalue weighted by Gasteiger charge is 2.27. The van der Waals surface area contributed by atoms with Gasteiger partial charge >= 0.3 is 0 Å². The SMILES string of the molecule is CC1CNCCC1NS(=O)(=O)c1ccc(Br)s1. The molecule has 1 aromatic heterocycles. The van der Waals surface area contributed by atoms with Crippen LogP contribution in [0.15, 0.2) is 20.1 Å². The molecule has 1 aromatic rings. The number of sulfonamides is 1. The Morgan fingerprint density at radius 2 is 2.29 bits per heavy atom. The van der Waals surface area contributed by atoms with E-state index in [0.717, 1.165) is 23.3 Å². The molecule has 2 rings (SSSR count). The quantitative estimate of drug-likeness (QED) is 0.883. The lowest BCUT2D eigenvalue weighted by Crippen LogP contribution is -2.48. The summed E-state index contributed by atoms with van der Waals surface area (Å²) in [5.74, 6) is 0.321. The maximum atomic E-state index is 12.1. The van der Waals surface area contributed by atoms with Gasteiger partial charge < -0.3 is 5.32 Å². The zero-order valence-electron chi connectivity index (χ0n) is 9.44. The van der Waals surface area contributed by atoms with E-state index in [2.05, 4.69) is 32.9 Å². The third kappa shape index (κ3) is 3.29. The third-order valence-corrected chi connectivity index (χ3v) is 6.51. The van der Waals surface area contributed by atoms with E-state index in [1.54, 1.807) is 12.1 Å². The van der Waals surface area contributed by atoms with E-state index in [-0.39, 0.29) is 6.04 Å². The predicted molar refractivity (Wildman–Crippen MR) is 72.8 cm³/mol. The Kier molecular flexibility index (Phi) is 4.25. The molecule has 0 aliphatic carbocycles. The average molecular weight is 339 g/mol. The number of halogens is 1. The van der Waals surface area contributed by atoms with Gasteiger partial charge in [-0.3, -0.25) is 0 Å². The van der Waals surface area contributed by atoms with Crippen molar-refractivity contribution < 1.29 is 8.42 Å². The molecule has 2 heterocycles. The summed E-state index contributed by atoms with van der Waals surface area (Å²) >= 11 is 4.51. The fourth-order valence-electron chi connectivity index (χ4n) is 1.89. The fourth-order valence-corrected chi connectivity index (χ4v) is 5.29. The van der Waals surface area contributed by atoms with E-state index < -0.39 is 10.0 Å². The monoisotopic (exact) mass is 338 g/mol. The fraction of sp³-hybridized carbons (Fsp3) is 0.600. The van der Waals surface area contributed by atoms with Gasteiger partial charge in [-0.1, -0.05) is 6.92 Å². The van der Waals surface area contributed by atoms with Gasteiger partial charge in [-0.2, -0.15) is 0 Å². The Bertz CT molecular complexity index is 486. The van der Waals surface area contributed by atoms with Gasteiger partial charge in [-0.05, 0) is 53.5 Å². The van der Waals surface area contributed by atoms with Crippen LogP contribution in [0, 0.1) is 5.92 Å². The van der Waals surface area contributed by atoms with Crippen LogP contribution >= 0.6 is 27.3 Å². The molecular formula is C10H15BrN2O2S2. The highest BCUT2D eigenvalue weighted by Crippen LogP contribution is 2.26. The van der Waals surface area contributed by atoms with Crippen LogP contribution in [0.5, 0.6) is 0 Å². The largest absolute Gasteiger partial charge is 0.316 e. The number of thiophene rings is 1. The second-order valence-electron chi connectivity index (χ2n) is 4.26. The first-order chi connectivity index (χ1) is 7.99. The Hall–Kier alpha value is 0.0500. The van der Waals surface area contributed by atoms with Gasteiger partial charge in [-0.25, -0.2) is 13.1 Å². The number of nitrogens with one attached hydrogen (secondary N) is 2. The highest BCUT2D eigenvalue weighted by molar-refractivity contribution is 9.11. The number of hydrogen-bond donors (Lipinski definition) is 2. The van der Waals surface area contributed by atoms with Crippen molar-refractivity contribution in [1.82, 2.24) is 10.0 Å². The maximum Gasteiger partial charge on any atom is 0.250 e. The highest BCUT2D eigenvalue weighted by atomic mass is 79.9. The molecule has 0 spiro atoms. The minimum absolute atomic E-state index is 0.0297. The van der Waals surface area contributed by atoms with Crippen molar-refractivity contribution in [3.8, 4) is 0 Å². The molecule has 17 heavy (non-hydrogen) atoms. The van der Waals surface area contributed by atoms with E-state index in [9.17, 15) is 8.42 Å². The molecule has 0 aromatic carbocycles. The Morgan fingerprint density at radius 1 is 1.53 bits per heavy atom. The molecule has 1 aliphatic heterocycles. The molecule has 1 fully saturated rings. The molecule has 1 aliphatic rings. The van der Waals surface area contributed by atoms with Crippen molar-refractivity contribution in [3.63, 3.8) is 0 Å². The molecule has 2 N–H and O–H groups in total. The van der Waals surface area contributed by atoms with E-state index in [0.29, 0.717) is 10.1 Å². The van der Waals surface area contributed by atoms with Crippen LogP contribution in [0.25, 0.3) is 0 Å². The van der Waals surface area contributed by atoms with Crippen LogP contribution in [-0.4, -0.2) is 27.5 Å². The van der Waals surface area contributed by atoms with Gasteiger partial charge in [0.2, 0.25) is 10.0 Å². The lowest BCUT2D eigenvalue weighted by atomic mass is 9.97. The first kappa shape index (κ1) is 13.5. The number of piperidine rings is 1. The third-order valence-electron chi connectivity index (χ3n) is 2.91. The van der Waals surface area contributed by atoms with Gasteiger partial charge in [0.05, 0.1) is 3.79 Å². The molecular weight excluding hydrogens is 324 g/mol. The average Bonchev–Trinajstić information content (AvgIpc) is 2.69. The summed E-state index contributed by atoms with van der Waals surface area (Å²) in [7, 11) is -3.36. The number of rotatable bonds is 3. The number of hydrogen-bond acceptors (Lipinski definition) is 4. The van der Waals surface area contributed by atoms with Crippen LogP contribution in [-0.2, 0) is 10.0 Å². The minimum atomic E-state index is -3.36. The predicted octanol–water partition coefficient (Wildman–Crippen LogP) is 1.79. The molecule has 0 bridgehead atoms. The first-order valence-corrected chi connectivity index (χ1v) is 8.57. The zero-order valence-corrected chi connectivity index (χ0v) is 12.7. The molecule has 7 heteroatoms. The van der Waals surface area contributed by atoms with Gasteiger partial charge in [0.1, 0.15) is 4.21 Å². The van der Waals surface area contributed by atoms with Crippen molar-refractivity contribution in [2.24, 2.45) is 5.92 Å². The second kappa shape index (κ2) is 5.36. The molecule has 0 radical (unpaired) electrons.